The van der Waals surface area contributed by atoms with Crippen LogP contribution in [0.5, 0.6) is 5.75 Å². The van der Waals surface area contributed by atoms with E-state index in [0.29, 0.717) is 0 Å². The first-order valence-electron chi connectivity index (χ1n) is 6.00. The van der Waals surface area contributed by atoms with E-state index in [4.69, 9.17) is 4.74 Å². The number of rotatable bonds is 5. The average Bonchev–Trinajstić information content (AvgIpc) is 2.46. The summed E-state index contributed by atoms with van der Waals surface area (Å²) in [6.07, 6.45) is 0. The zero-order chi connectivity index (χ0) is 13.7. The lowest BCUT2D eigenvalue weighted by molar-refractivity contribution is 0.276. The molecular weight excluding hydrogens is 306 g/mol. The van der Waals surface area contributed by atoms with Crippen LogP contribution in [0.15, 0.2) is 53.0 Å². The maximum absolute atomic E-state index is 9.55. The molecule has 0 spiro atoms. The van der Waals surface area contributed by atoms with E-state index in [1.165, 1.54) is 0 Å². The fraction of sp³-hybridized carbons (Fsp3) is 0.200. The first-order chi connectivity index (χ1) is 9.22. The van der Waals surface area contributed by atoms with Crippen molar-refractivity contribution >= 4 is 21.6 Å². The Balaban J connectivity index is 2.17. The summed E-state index contributed by atoms with van der Waals surface area (Å²) in [6, 6.07) is 15.4. The van der Waals surface area contributed by atoms with Gasteiger partial charge in [-0.25, -0.2) is 0 Å². The third-order valence-corrected chi connectivity index (χ3v) is 3.39. The Hall–Kier alpha value is -1.52. The molecule has 0 amide bonds. The molecule has 0 aliphatic rings. The van der Waals surface area contributed by atoms with E-state index in [1.807, 2.05) is 48.5 Å². The molecule has 1 atom stereocenters. The van der Waals surface area contributed by atoms with E-state index in [2.05, 4.69) is 21.2 Å². The Bertz CT molecular complexity index is 528. The Morgan fingerprint density at radius 3 is 2.58 bits per heavy atom. The van der Waals surface area contributed by atoms with Crippen molar-refractivity contribution in [2.45, 2.75) is 6.04 Å². The van der Waals surface area contributed by atoms with Gasteiger partial charge in [0.1, 0.15) is 5.75 Å². The lowest BCUT2D eigenvalue weighted by Crippen LogP contribution is -2.14. The van der Waals surface area contributed by atoms with Crippen molar-refractivity contribution in [1.29, 1.82) is 0 Å². The van der Waals surface area contributed by atoms with Crippen LogP contribution in [0.1, 0.15) is 11.6 Å². The number of halogens is 1. The van der Waals surface area contributed by atoms with Crippen molar-refractivity contribution in [3.63, 3.8) is 0 Å². The molecule has 2 N–H and O–H groups in total. The molecule has 0 saturated carbocycles. The summed E-state index contributed by atoms with van der Waals surface area (Å²) in [5, 5.41) is 12.8. The Morgan fingerprint density at radius 2 is 1.95 bits per heavy atom. The molecule has 0 saturated heterocycles. The molecule has 2 aromatic carbocycles. The van der Waals surface area contributed by atoms with Gasteiger partial charge in [-0.1, -0.05) is 28.1 Å². The highest BCUT2D eigenvalue weighted by Gasteiger charge is 2.10. The molecular formula is C15H16BrNO2. The number of hydrogen-bond acceptors (Lipinski definition) is 3. The first-order valence-corrected chi connectivity index (χ1v) is 6.79. The number of benzene rings is 2. The van der Waals surface area contributed by atoms with Crippen LogP contribution >= 0.6 is 15.9 Å². The Labute approximate surface area is 121 Å². The maximum atomic E-state index is 9.55. The molecule has 0 bridgehead atoms. The summed E-state index contributed by atoms with van der Waals surface area (Å²) in [4.78, 5) is 0. The van der Waals surface area contributed by atoms with Gasteiger partial charge in [0, 0.05) is 10.2 Å². The van der Waals surface area contributed by atoms with Crippen LogP contribution in [0.4, 0.5) is 5.69 Å². The molecule has 0 aliphatic heterocycles. The number of nitrogens with one attached hydrogen (secondary N) is 1. The van der Waals surface area contributed by atoms with Gasteiger partial charge < -0.3 is 15.2 Å². The Kier molecular flexibility index (Phi) is 4.82. The van der Waals surface area contributed by atoms with Crippen LogP contribution in [0.3, 0.4) is 0 Å². The van der Waals surface area contributed by atoms with Gasteiger partial charge in [0.2, 0.25) is 0 Å². The standard InChI is InChI=1S/C15H16BrNO2/c1-19-14-4-2-3-11(9-14)15(10-18)17-13-7-5-12(16)6-8-13/h2-9,15,17-18H,10H2,1H3. The van der Waals surface area contributed by atoms with Gasteiger partial charge in [-0.2, -0.15) is 0 Å². The number of methoxy groups -OCH3 is 1. The number of anilines is 1. The summed E-state index contributed by atoms with van der Waals surface area (Å²) in [7, 11) is 1.63. The second kappa shape index (κ2) is 6.59. The zero-order valence-electron chi connectivity index (χ0n) is 10.6. The van der Waals surface area contributed by atoms with Crippen LogP contribution in [0, 0.1) is 0 Å². The van der Waals surface area contributed by atoms with Crippen molar-refractivity contribution in [1.82, 2.24) is 0 Å². The van der Waals surface area contributed by atoms with E-state index in [-0.39, 0.29) is 12.6 Å². The highest BCUT2D eigenvalue weighted by molar-refractivity contribution is 9.10. The highest BCUT2D eigenvalue weighted by Crippen LogP contribution is 2.23. The maximum Gasteiger partial charge on any atom is 0.119 e. The molecule has 3 nitrogen and oxygen atoms in total. The fourth-order valence-corrected chi connectivity index (χ4v) is 2.10. The fourth-order valence-electron chi connectivity index (χ4n) is 1.84. The minimum absolute atomic E-state index is 0.0171. The SMILES string of the molecule is COc1cccc(C(CO)Nc2ccc(Br)cc2)c1. The molecule has 0 fully saturated rings. The molecule has 19 heavy (non-hydrogen) atoms. The molecule has 1 unspecified atom stereocenters. The van der Waals surface area contributed by atoms with Gasteiger partial charge in [-0.15, -0.1) is 0 Å². The van der Waals surface area contributed by atoms with Crippen LogP contribution in [0.2, 0.25) is 0 Å². The summed E-state index contributed by atoms with van der Waals surface area (Å²) in [5.74, 6) is 0.786. The number of ether oxygens (including phenoxy) is 1. The van der Waals surface area contributed by atoms with Crippen molar-refractivity contribution in [2.75, 3.05) is 19.0 Å². The van der Waals surface area contributed by atoms with Gasteiger partial charge in [0.15, 0.2) is 0 Å². The van der Waals surface area contributed by atoms with Gasteiger partial charge in [0.25, 0.3) is 0 Å². The molecule has 0 aromatic heterocycles. The van der Waals surface area contributed by atoms with Crippen molar-refractivity contribution < 1.29 is 9.84 Å². The first kappa shape index (κ1) is 13.9. The third kappa shape index (κ3) is 3.72. The smallest absolute Gasteiger partial charge is 0.119 e. The van der Waals surface area contributed by atoms with Crippen LogP contribution in [0.25, 0.3) is 0 Å². The highest BCUT2D eigenvalue weighted by atomic mass is 79.9. The van der Waals surface area contributed by atoms with Gasteiger partial charge in [-0.3, -0.25) is 0 Å². The number of aliphatic hydroxyl groups is 1. The topological polar surface area (TPSA) is 41.5 Å². The van der Waals surface area contributed by atoms with E-state index in [1.54, 1.807) is 7.11 Å². The second-order valence-electron chi connectivity index (χ2n) is 4.16. The van der Waals surface area contributed by atoms with Crippen LogP contribution < -0.4 is 10.1 Å². The number of hydrogen-bond donors (Lipinski definition) is 2. The minimum Gasteiger partial charge on any atom is -0.497 e. The molecule has 2 aromatic rings. The zero-order valence-corrected chi connectivity index (χ0v) is 12.2. The lowest BCUT2D eigenvalue weighted by Gasteiger charge is -2.18. The van der Waals surface area contributed by atoms with Gasteiger partial charge >= 0.3 is 0 Å². The minimum atomic E-state index is -0.156. The van der Waals surface area contributed by atoms with Gasteiger partial charge in [0.05, 0.1) is 19.8 Å². The van der Waals surface area contributed by atoms with E-state index < -0.39 is 0 Å². The molecule has 4 heteroatoms. The van der Waals surface area contributed by atoms with Crippen molar-refractivity contribution in [3.8, 4) is 5.75 Å². The average molecular weight is 322 g/mol. The normalized spacial score (nSPS) is 11.9. The summed E-state index contributed by atoms with van der Waals surface area (Å²) >= 11 is 3.40. The number of aliphatic hydroxyl groups excluding tert-OH is 1. The van der Waals surface area contributed by atoms with Gasteiger partial charge in [-0.05, 0) is 42.0 Å². The van der Waals surface area contributed by atoms with E-state index >= 15 is 0 Å². The quantitative estimate of drug-likeness (QED) is 0.884. The predicted molar refractivity (Wildman–Crippen MR) is 80.6 cm³/mol. The summed E-state index contributed by atoms with van der Waals surface area (Å²) in [5.41, 5.74) is 1.95. The van der Waals surface area contributed by atoms with Crippen LogP contribution in [-0.2, 0) is 0 Å². The van der Waals surface area contributed by atoms with E-state index in [0.717, 1.165) is 21.5 Å². The Morgan fingerprint density at radius 1 is 1.21 bits per heavy atom. The molecule has 2 rings (SSSR count). The molecule has 100 valence electrons. The van der Waals surface area contributed by atoms with Crippen molar-refractivity contribution in [3.05, 3.63) is 58.6 Å². The molecule has 0 aliphatic carbocycles. The monoisotopic (exact) mass is 321 g/mol. The van der Waals surface area contributed by atoms with Crippen molar-refractivity contribution in [2.24, 2.45) is 0 Å². The third-order valence-electron chi connectivity index (χ3n) is 2.86. The molecule has 0 heterocycles. The van der Waals surface area contributed by atoms with E-state index in [9.17, 15) is 5.11 Å². The second-order valence-corrected chi connectivity index (χ2v) is 5.08. The summed E-state index contributed by atoms with van der Waals surface area (Å²) in [6.45, 7) is 0.0171. The van der Waals surface area contributed by atoms with Crippen LogP contribution in [-0.4, -0.2) is 18.8 Å². The summed E-state index contributed by atoms with van der Waals surface area (Å²) < 4.78 is 6.23. The largest absolute Gasteiger partial charge is 0.497 e. The molecule has 0 radical (unpaired) electrons. The lowest BCUT2D eigenvalue weighted by atomic mass is 10.1. The predicted octanol–water partition coefficient (Wildman–Crippen LogP) is 3.60.